The Labute approximate surface area is 156 Å². The molecule has 2 heteroatoms. The summed E-state index contributed by atoms with van der Waals surface area (Å²) in [5, 5.41) is 7.62. The molecule has 5 aromatic rings. The molecule has 0 aliphatic rings. The second kappa shape index (κ2) is 5.86. The zero-order chi connectivity index (χ0) is 17.7. The average molecular weight is 354 g/mol. The summed E-state index contributed by atoms with van der Waals surface area (Å²) in [6.07, 6.45) is 0. The van der Waals surface area contributed by atoms with E-state index in [2.05, 4.69) is 73.3 Å². The number of fused-ring (bicyclic) bond motifs is 7. The van der Waals surface area contributed by atoms with Crippen LogP contribution in [0, 0.1) is 0 Å². The lowest BCUT2D eigenvalue weighted by atomic mass is 10.0. The van der Waals surface area contributed by atoms with Crippen LogP contribution in [0.5, 0.6) is 5.75 Å². The van der Waals surface area contributed by atoms with Crippen molar-refractivity contribution in [1.82, 2.24) is 0 Å². The second-order valence-corrected chi connectivity index (χ2v) is 7.86. The van der Waals surface area contributed by atoms with Crippen LogP contribution in [-0.4, -0.2) is 6.61 Å². The Morgan fingerprint density at radius 3 is 2.54 bits per heavy atom. The van der Waals surface area contributed by atoms with Gasteiger partial charge in [0, 0.05) is 25.6 Å². The highest BCUT2D eigenvalue weighted by Gasteiger charge is 2.14. The molecule has 1 heterocycles. The molecule has 0 unspecified atom stereocenters. The summed E-state index contributed by atoms with van der Waals surface area (Å²) in [5.74, 6) is 0.934. The number of hydrogen-bond acceptors (Lipinski definition) is 2. The molecule has 0 aliphatic heterocycles. The van der Waals surface area contributed by atoms with Crippen molar-refractivity contribution >= 4 is 53.1 Å². The summed E-state index contributed by atoms with van der Waals surface area (Å²) in [7, 11) is 0. The van der Waals surface area contributed by atoms with Crippen LogP contribution < -0.4 is 4.74 Å². The van der Waals surface area contributed by atoms with Gasteiger partial charge in [-0.05, 0) is 40.8 Å². The molecule has 0 saturated heterocycles. The maximum atomic E-state index is 6.10. The molecule has 126 valence electrons. The standard InChI is InChI=1S/C24H18OS/c1-15(2)14-25-20-9-5-7-17-11-13-21-23(22(17)20)19-12-10-16-6-3-4-8-18(16)24(19)26-21/h3-13H,1,14H2,2H3. The lowest BCUT2D eigenvalue weighted by molar-refractivity contribution is 0.357. The van der Waals surface area contributed by atoms with Gasteiger partial charge in [0.2, 0.25) is 0 Å². The fourth-order valence-electron chi connectivity index (χ4n) is 3.66. The maximum absolute atomic E-state index is 6.10. The van der Waals surface area contributed by atoms with E-state index < -0.39 is 0 Å². The number of thiophene rings is 1. The molecule has 0 radical (unpaired) electrons. The third-order valence-corrected chi connectivity index (χ3v) is 6.01. The van der Waals surface area contributed by atoms with E-state index in [-0.39, 0.29) is 0 Å². The minimum atomic E-state index is 0.542. The molecule has 4 aromatic carbocycles. The van der Waals surface area contributed by atoms with Gasteiger partial charge in [-0.1, -0.05) is 61.2 Å². The van der Waals surface area contributed by atoms with E-state index in [1.807, 2.05) is 18.3 Å². The molecule has 1 aromatic heterocycles. The number of hydrogen-bond donors (Lipinski definition) is 0. The van der Waals surface area contributed by atoms with Crippen LogP contribution in [0.2, 0.25) is 0 Å². The molecule has 0 spiro atoms. The van der Waals surface area contributed by atoms with E-state index in [9.17, 15) is 0 Å². The van der Waals surface area contributed by atoms with Gasteiger partial charge in [-0.15, -0.1) is 11.3 Å². The fourth-order valence-corrected chi connectivity index (χ4v) is 4.91. The lowest BCUT2D eigenvalue weighted by Gasteiger charge is -2.10. The molecule has 5 rings (SSSR count). The molecule has 0 atom stereocenters. The van der Waals surface area contributed by atoms with Gasteiger partial charge < -0.3 is 4.74 Å². The first-order valence-corrected chi connectivity index (χ1v) is 9.57. The zero-order valence-corrected chi connectivity index (χ0v) is 15.4. The Morgan fingerprint density at radius 1 is 0.846 bits per heavy atom. The first-order valence-electron chi connectivity index (χ1n) is 8.75. The topological polar surface area (TPSA) is 9.23 Å². The van der Waals surface area contributed by atoms with Crippen molar-refractivity contribution in [3.8, 4) is 5.75 Å². The van der Waals surface area contributed by atoms with Crippen molar-refractivity contribution in [2.75, 3.05) is 6.61 Å². The van der Waals surface area contributed by atoms with E-state index >= 15 is 0 Å². The summed E-state index contributed by atoms with van der Waals surface area (Å²) in [4.78, 5) is 0. The van der Waals surface area contributed by atoms with Gasteiger partial charge in [0.15, 0.2) is 0 Å². The third kappa shape index (κ3) is 2.30. The van der Waals surface area contributed by atoms with Crippen molar-refractivity contribution in [2.24, 2.45) is 0 Å². The maximum Gasteiger partial charge on any atom is 0.128 e. The molecule has 0 N–H and O–H groups in total. The molecule has 0 saturated carbocycles. The van der Waals surface area contributed by atoms with Gasteiger partial charge in [-0.25, -0.2) is 0 Å². The summed E-state index contributed by atoms with van der Waals surface area (Å²) in [6.45, 7) is 6.50. The van der Waals surface area contributed by atoms with Gasteiger partial charge >= 0.3 is 0 Å². The SMILES string of the molecule is C=C(C)COc1cccc2ccc3sc4c5ccccc5ccc4c3c12. The van der Waals surface area contributed by atoms with Crippen molar-refractivity contribution in [3.05, 3.63) is 78.9 Å². The van der Waals surface area contributed by atoms with Crippen LogP contribution in [-0.2, 0) is 0 Å². The first-order chi connectivity index (χ1) is 12.7. The second-order valence-electron chi connectivity index (χ2n) is 6.80. The Morgan fingerprint density at radius 2 is 1.65 bits per heavy atom. The molecule has 1 nitrogen and oxygen atoms in total. The number of rotatable bonds is 3. The van der Waals surface area contributed by atoms with Crippen LogP contribution in [0.1, 0.15) is 6.92 Å². The van der Waals surface area contributed by atoms with Crippen LogP contribution in [0.15, 0.2) is 78.9 Å². The summed E-state index contributed by atoms with van der Waals surface area (Å²) in [6, 6.07) is 23.8. The third-order valence-electron chi connectivity index (χ3n) is 4.80. The van der Waals surface area contributed by atoms with E-state index in [1.54, 1.807) is 0 Å². The molecule has 26 heavy (non-hydrogen) atoms. The Bertz CT molecular complexity index is 1310. The summed E-state index contributed by atoms with van der Waals surface area (Å²) in [5.41, 5.74) is 1.02. The van der Waals surface area contributed by atoms with Crippen molar-refractivity contribution in [2.45, 2.75) is 6.92 Å². The van der Waals surface area contributed by atoms with Crippen LogP contribution in [0.4, 0.5) is 0 Å². The van der Waals surface area contributed by atoms with E-state index in [4.69, 9.17) is 4.74 Å². The molecular formula is C24H18OS. The van der Waals surface area contributed by atoms with Gasteiger partial charge in [-0.2, -0.15) is 0 Å². The van der Waals surface area contributed by atoms with E-state index in [0.717, 1.165) is 11.3 Å². The molecule has 0 bridgehead atoms. The highest BCUT2D eigenvalue weighted by atomic mass is 32.1. The number of benzene rings is 4. The Balaban J connectivity index is 1.92. The molecule has 0 fully saturated rings. The largest absolute Gasteiger partial charge is 0.489 e. The smallest absolute Gasteiger partial charge is 0.128 e. The van der Waals surface area contributed by atoms with E-state index in [1.165, 1.54) is 41.7 Å². The zero-order valence-electron chi connectivity index (χ0n) is 14.6. The highest BCUT2D eigenvalue weighted by molar-refractivity contribution is 7.26. The average Bonchev–Trinajstić information content (AvgIpc) is 3.05. The monoisotopic (exact) mass is 354 g/mol. The van der Waals surface area contributed by atoms with Gasteiger partial charge in [0.05, 0.1) is 0 Å². The number of ether oxygens (including phenoxy) is 1. The van der Waals surface area contributed by atoms with Crippen molar-refractivity contribution in [3.63, 3.8) is 0 Å². The minimum absolute atomic E-state index is 0.542. The van der Waals surface area contributed by atoms with Crippen molar-refractivity contribution in [1.29, 1.82) is 0 Å². The lowest BCUT2D eigenvalue weighted by Crippen LogP contribution is -1.98. The van der Waals surface area contributed by atoms with Gasteiger partial charge in [-0.3, -0.25) is 0 Å². The fraction of sp³-hybridized carbons (Fsp3) is 0.0833. The Hall–Kier alpha value is -2.84. The Kier molecular flexibility index (Phi) is 3.47. The predicted octanol–water partition coefficient (Wildman–Crippen LogP) is 7.32. The highest BCUT2D eigenvalue weighted by Crippen LogP contribution is 2.44. The molecule has 0 aliphatic carbocycles. The summed E-state index contributed by atoms with van der Waals surface area (Å²) >= 11 is 1.87. The van der Waals surface area contributed by atoms with Crippen LogP contribution in [0.3, 0.4) is 0 Å². The van der Waals surface area contributed by atoms with Gasteiger partial charge in [0.1, 0.15) is 12.4 Å². The van der Waals surface area contributed by atoms with Crippen LogP contribution in [0.25, 0.3) is 41.7 Å². The summed E-state index contributed by atoms with van der Waals surface area (Å²) < 4.78 is 8.75. The van der Waals surface area contributed by atoms with Crippen molar-refractivity contribution < 1.29 is 4.74 Å². The molecule has 0 amide bonds. The minimum Gasteiger partial charge on any atom is -0.489 e. The first kappa shape index (κ1) is 15.4. The molecular weight excluding hydrogens is 336 g/mol. The quantitative estimate of drug-likeness (QED) is 0.308. The normalized spacial score (nSPS) is 11.6. The van der Waals surface area contributed by atoms with E-state index in [0.29, 0.717) is 6.61 Å². The predicted molar refractivity (Wildman–Crippen MR) is 115 cm³/mol. The van der Waals surface area contributed by atoms with Gasteiger partial charge in [0.25, 0.3) is 0 Å². The van der Waals surface area contributed by atoms with Crippen LogP contribution >= 0.6 is 11.3 Å².